The molecule has 2 heterocycles. The third-order valence-electron chi connectivity index (χ3n) is 2.46. The van der Waals surface area contributed by atoms with E-state index in [1.165, 1.54) is 11.3 Å². The third kappa shape index (κ3) is 1.50. The molecule has 0 unspecified atom stereocenters. The Balaban J connectivity index is 2.31. The molecule has 0 saturated carbocycles. The number of fused-ring (bicyclic) bond motifs is 1. The SMILES string of the molecule is Cc1nn2c(C#N)c(-c3ccccc3)nc2s1. The summed E-state index contributed by atoms with van der Waals surface area (Å²) in [6, 6.07) is 11.9. The first kappa shape index (κ1) is 10.00. The molecular formula is C12H8N4S. The van der Waals surface area contributed by atoms with Crippen molar-refractivity contribution in [2.24, 2.45) is 0 Å². The summed E-state index contributed by atoms with van der Waals surface area (Å²) in [6.07, 6.45) is 0. The van der Waals surface area contributed by atoms with Crippen molar-refractivity contribution in [3.63, 3.8) is 0 Å². The van der Waals surface area contributed by atoms with Crippen LogP contribution in [0.5, 0.6) is 0 Å². The van der Waals surface area contributed by atoms with E-state index in [0.717, 1.165) is 15.5 Å². The van der Waals surface area contributed by atoms with Crippen LogP contribution in [0.2, 0.25) is 0 Å². The summed E-state index contributed by atoms with van der Waals surface area (Å²) in [4.78, 5) is 5.23. The average molecular weight is 240 g/mol. The van der Waals surface area contributed by atoms with Gasteiger partial charge in [-0.2, -0.15) is 14.9 Å². The monoisotopic (exact) mass is 240 g/mol. The fraction of sp³-hybridized carbons (Fsp3) is 0.0833. The van der Waals surface area contributed by atoms with Gasteiger partial charge in [0.1, 0.15) is 16.8 Å². The highest BCUT2D eigenvalue weighted by atomic mass is 32.1. The maximum absolute atomic E-state index is 9.23. The van der Waals surface area contributed by atoms with Gasteiger partial charge in [-0.3, -0.25) is 0 Å². The van der Waals surface area contributed by atoms with Crippen molar-refractivity contribution in [3.8, 4) is 17.3 Å². The fourth-order valence-electron chi connectivity index (χ4n) is 1.74. The van der Waals surface area contributed by atoms with Gasteiger partial charge in [-0.25, -0.2) is 4.98 Å². The van der Waals surface area contributed by atoms with Crippen molar-refractivity contribution in [2.75, 3.05) is 0 Å². The lowest BCUT2D eigenvalue weighted by Crippen LogP contribution is -1.90. The van der Waals surface area contributed by atoms with Gasteiger partial charge in [0, 0.05) is 5.56 Å². The van der Waals surface area contributed by atoms with Crippen molar-refractivity contribution < 1.29 is 0 Å². The van der Waals surface area contributed by atoms with Crippen LogP contribution < -0.4 is 0 Å². The number of hydrogen-bond acceptors (Lipinski definition) is 4. The van der Waals surface area contributed by atoms with Crippen LogP contribution in [0.3, 0.4) is 0 Å². The molecule has 1 aromatic carbocycles. The molecule has 2 aromatic heterocycles. The summed E-state index contributed by atoms with van der Waals surface area (Å²) in [5.41, 5.74) is 2.14. The number of aryl methyl sites for hydroxylation is 1. The second-order valence-electron chi connectivity index (χ2n) is 3.60. The molecule has 17 heavy (non-hydrogen) atoms. The van der Waals surface area contributed by atoms with Crippen LogP contribution in [-0.2, 0) is 0 Å². The molecule has 0 atom stereocenters. The molecular weight excluding hydrogens is 232 g/mol. The van der Waals surface area contributed by atoms with Crippen molar-refractivity contribution in [2.45, 2.75) is 6.92 Å². The first-order chi connectivity index (χ1) is 8.29. The Morgan fingerprint density at radius 1 is 1.29 bits per heavy atom. The van der Waals surface area contributed by atoms with E-state index in [1.807, 2.05) is 37.3 Å². The van der Waals surface area contributed by atoms with Gasteiger partial charge in [0.15, 0.2) is 5.69 Å². The average Bonchev–Trinajstić information content (AvgIpc) is 2.85. The molecule has 0 spiro atoms. The minimum Gasteiger partial charge on any atom is -0.216 e. The number of aromatic nitrogens is 3. The first-order valence-electron chi connectivity index (χ1n) is 5.11. The molecule has 0 radical (unpaired) electrons. The maximum atomic E-state index is 9.23. The highest BCUT2D eigenvalue weighted by molar-refractivity contribution is 7.16. The van der Waals surface area contributed by atoms with Gasteiger partial charge in [-0.1, -0.05) is 41.7 Å². The zero-order valence-corrected chi connectivity index (χ0v) is 9.90. The van der Waals surface area contributed by atoms with Crippen LogP contribution in [0.1, 0.15) is 10.7 Å². The number of imidazole rings is 1. The van der Waals surface area contributed by atoms with E-state index in [-0.39, 0.29) is 0 Å². The van der Waals surface area contributed by atoms with Crippen LogP contribution in [-0.4, -0.2) is 14.6 Å². The van der Waals surface area contributed by atoms with E-state index in [4.69, 9.17) is 0 Å². The van der Waals surface area contributed by atoms with Crippen molar-refractivity contribution in [3.05, 3.63) is 41.0 Å². The molecule has 0 bridgehead atoms. The fourth-order valence-corrected chi connectivity index (χ4v) is 2.48. The Bertz CT molecular complexity index is 718. The highest BCUT2D eigenvalue weighted by Crippen LogP contribution is 2.25. The summed E-state index contributed by atoms with van der Waals surface area (Å²) in [5, 5.41) is 14.4. The summed E-state index contributed by atoms with van der Waals surface area (Å²) in [6.45, 7) is 1.91. The van der Waals surface area contributed by atoms with Crippen LogP contribution in [0.15, 0.2) is 30.3 Å². The standard InChI is InChI=1S/C12H8N4S/c1-8-15-16-10(7-13)11(14-12(16)17-8)9-5-3-2-4-6-9/h2-6H,1H3. The largest absolute Gasteiger partial charge is 0.216 e. The van der Waals surface area contributed by atoms with Crippen LogP contribution in [0, 0.1) is 18.3 Å². The van der Waals surface area contributed by atoms with E-state index < -0.39 is 0 Å². The lowest BCUT2D eigenvalue weighted by molar-refractivity contribution is 0.931. The molecule has 82 valence electrons. The normalized spacial score (nSPS) is 10.6. The van der Waals surface area contributed by atoms with E-state index in [1.54, 1.807) is 4.52 Å². The van der Waals surface area contributed by atoms with Crippen LogP contribution in [0.4, 0.5) is 0 Å². The molecule has 0 saturated heterocycles. The maximum Gasteiger partial charge on any atom is 0.213 e. The zero-order valence-electron chi connectivity index (χ0n) is 9.08. The quantitative estimate of drug-likeness (QED) is 0.657. The van der Waals surface area contributed by atoms with E-state index in [9.17, 15) is 5.26 Å². The van der Waals surface area contributed by atoms with E-state index >= 15 is 0 Å². The Morgan fingerprint density at radius 3 is 2.76 bits per heavy atom. The van der Waals surface area contributed by atoms with Gasteiger partial charge in [0.2, 0.25) is 4.96 Å². The van der Waals surface area contributed by atoms with Crippen molar-refractivity contribution >= 4 is 16.3 Å². The zero-order chi connectivity index (χ0) is 11.8. The number of rotatable bonds is 1. The Labute approximate surface area is 102 Å². The summed E-state index contributed by atoms with van der Waals surface area (Å²) >= 11 is 1.49. The highest BCUT2D eigenvalue weighted by Gasteiger charge is 2.16. The molecule has 3 aromatic rings. The number of benzene rings is 1. The van der Waals surface area contributed by atoms with Gasteiger partial charge < -0.3 is 0 Å². The molecule has 4 nitrogen and oxygen atoms in total. The second kappa shape index (κ2) is 3.68. The van der Waals surface area contributed by atoms with Crippen molar-refractivity contribution in [1.82, 2.24) is 14.6 Å². The smallest absolute Gasteiger partial charge is 0.213 e. The van der Waals surface area contributed by atoms with Crippen LogP contribution >= 0.6 is 11.3 Å². The molecule has 0 aliphatic rings. The third-order valence-corrected chi connectivity index (χ3v) is 3.28. The summed E-state index contributed by atoms with van der Waals surface area (Å²) in [7, 11) is 0. The van der Waals surface area contributed by atoms with Gasteiger partial charge in [-0.05, 0) is 6.92 Å². The lowest BCUT2D eigenvalue weighted by atomic mass is 10.1. The number of nitriles is 1. The Morgan fingerprint density at radius 2 is 2.06 bits per heavy atom. The van der Waals surface area contributed by atoms with Crippen LogP contribution in [0.25, 0.3) is 16.2 Å². The number of nitrogens with zero attached hydrogens (tertiary/aromatic N) is 4. The van der Waals surface area contributed by atoms with Gasteiger partial charge >= 0.3 is 0 Å². The topological polar surface area (TPSA) is 54.0 Å². The summed E-state index contributed by atoms with van der Waals surface area (Å²) in [5.74, 6) is 0. The molecule has 3 rings (SSSR count). The van der Waals surface area contributed by atoms with E-state index in [0.29, 0.717) is 11.4 Å². The second-order valence-corrected chi connectivity index (χ2v) is 4.76. The molecule has 0 fully saturated rings. The van der Waals surface area contributed by atoms with Gasteiger partial charge in [-0.15, -0.1) is 0 Å². The van der Waals surface area contributed by atoms with E-state index in [2.05, 4.69) is 16.2 Å². The molecule has 5 heteroatoms. The molecule has 0 N–H and O–H groups in total. The molecule has 0 amide bonds. The Kier molecular flexibility index (Phi) is 2.16. The minimum absolute atomic E-state index is 0.496. The van der Waals surface area contributed by atoms with Crippen molar-refractivity contribution in [1.29, 1.82) is 5.26 Å². The van der Waals surface area contributed by atoms with Gasteiger partial charge in [0.05, 0.1) is 0 Å². The van der Waals surface area contributed by atoms with Gasteiger partial charge in [0.25, 0.3) is 0 Å². The predicted molar refractivity (Wildman–Crippen MR) is 65.8 cm³/mol. The summed E-state index contributed by atoms with van der Waals surface area (Å²) < 4.78 is 1.61. The minimum atomic E-state index is 0.496. The molecule has 0 aliphatic carbocycles. The molecule has 0 aliphatic heterocycles. The first-order valence-corrected chi connectivity index (χ1v) is 5.93. The predicted octanol–water partition coefficient (Wildman–Crippen LogP) is 2.64. The Hall–Kier alpha value is -2.19. The number of hydrogen-bond donors (Lipinski definition) is 0. The lowest BCUT2D eigenvalue weighted by Gasteiger charge is -1.95.